The average Bonchev–Trinajstić information content (AvgIpc) is 3.50. The summed E-state index contributed by atoms with van der Waals surface area (Å²) in [6.07, 6.45) is 1.99. The standard InChI is InChI=1S/C37H25BN4/c1-4-13-26(14-5-1)41(27-15-6-2-7-16-27)29-23-34-36-35(24-29)42(28-17-8-3-9-18-28)33-22-11-10-19-30(33)38(36)31-20-12-21-32-37(31)40(34)25-39-32/h1-25H. The van der Waals surface area contributed by atoms with Crippen LogP contribution < -0.4 is 26.2 Å². The van der Waals surface area contributed by atoms with Gasteiger partial charge in [0.2, 0.25) is 0 Å². The third kappa shape index (κ3) is 3.28. The van der Waals surface area contributed by atoms with Gasteiger partial charge in [0.1, 0.15) is 6.33 Å². The lowest BCUT2D eigenvalue weighted by molar-refractivity contribution is 1.09. The van der Waals surface area contributed by atoms with Crippen LogP contribution in [-0.4, -0.2) is 16.3 Å². The Bertz CT molecular complexity index is 2070. The fourth-order valence-electron chi connectivity index (χ4n) is 6.93. The van der Waals surface area contributed by atoms with Crippen LogP contribution in [0.15, 0.2) is 152 Å². The van der Waals surface area contributed by atoms with E-state index in [9.17, 15) is 0 Å². The second-order valence-electron chi connectivity index (χ2n) is 10.9. The van der Waals surface area contributed by atoms with E-state index in [0.717, 1.165) is 28.3 Å². The zero-order chi connectivity index (χ0) is 27.6. The molecule has 196 valence electrons. The zero-order valence-electron chi connectivity index (χ0n) is 22.8. The molecule has 0 spiro atoms. The third-order valence-corrected chi connectivity index (χ3v) is 8.61. The lowest BCUT2D eigenvalue weighted by Crippen LogP contribution is -2.60. The Kier molecular flexibility index (Phi) is 4.96. The molecule has 0 fully saturated rings. The lowest BCUT2D eigenvalue weighted by atomic mass is 9.34. The van der Waals surface area contributed by atoms with Crippen molar-refractivity contribution in [2.75, 3.05) is 9.80 Å². The van der Waals surface area contributed by atoms with E-state index in [1.54, 1.807) is 0 Å². The minimum Gasteiger partial charge on any atom is -0.311 e. The highest BCUT2D eigenvalue weighted by Gasteiger charge is 2.41. The minimum atomic E-state index is 0.106. The molecule has 0 amide bonds. The molecule has 0 bridgehead atoms. The Labute approximate surface area is 244 Å². The zero-order valence-corrected chi connectivity index (χ0v) is 22.8. The van der Waals surface area contributed by atoms with Gasteiger partial charge < -0.3 is 9.80 Å². The summed E-state index contributed by atoms with van der Waals surface area (Å²) in [5, 5.41) is 0. The van der Waals surface area contributed by atoms with Crippen molar-refractivity contribution in [3.63, 3.8) is 0 Å². The van der Waals surface area contributed by atoms with E-state index in [1.807, 2.05) is 6.33 Å². The highest BCUT2D eigenvalue weighted by atomic mass is 15.2. The van der Waals surface area contributed by atoms with Gasteiger partial charge in [0.25, 0.3) is 6.71 Å². The monoisotopic (exact) mass is 536 g/mol. The van der Waals surface area contributed by atoms with Gasteiger partial charge in [-0.3, -0.25) is 4.57 Å². The van der Waals surface area contributed by atoms with Crippen LogP contribution in [0.2, 0.25) is 0 Å². The van der Waals surface area contributed by atoms with E-state index < -0.39 is 0 Å². The van der Waals surface area contributed by atoms with Crippen LogP contribution in [0.3, 0.4) is 0 Å². The van der Waals surface area contributed by atoms with Crippen molar-refractivity contribution in [2.45, 2.75) is 0 Å². The third-order valence-electron chi connectivity index (χ3n) is 8.61. The molecule has 0 atom stereocenters. The van der Waals surface area contributed by atoms with Gasteiger partial charge in [-0.05, 0) is 77.1 Å². The molecule has 0 saturated heterocycles. The topological polar surface area (TPSA) is 24.3 Å². The highest BCUT2D eigenvalue weighted by molar-refractivity contribution is 7.00. The highest BCUT2D eigenvalue weighted by Crippen LogP contribution is 2.43. The van der Waals surface area contributed by atoms with Gasteiger partial charge in [0, 0.05) is 34.1 Å². The molecule has 0 saturated carbocycles. The summed E-state index contributed by atoms with van der Waals surface area (Å²) in [5.41, 5.74) is 14.2. The van der Waals surface area contributed by atoms with Crippen molar-refractivity contribution >= 4 is 68.3 Å². The quantitative estimate of drug-likeness (QED) is 0.224. The van der Waals surface area contributed by atoms with Crippen molar-refractivity contribution in [1.82, 2.24) is 9.55 Å². The summed E-state index contributed by atoms with van der Waals surface area (Å²) in [6.45, 7) is 0.106. The van der Waals surface area contributed by atoms with Crippen LogP contribution in [0.4, 0.5) is 34.1 Å². The molecule has 1 aromatic heterocycles. The van der Waals surface area contributed by atoms with Crippen LogP contribution >= 0.6 is 0 Å². The summed E-state index contributed by atoms with van der Waals surface area (Å²) < 4.78 is 2.30. The molecule has 0 unspecified atom stereocenters. The van der Waals surface area contributed by atoms with Crippen molar-refractivity contribution in [1.29, 1.82) is 0 Å². The Morgan fingerprint density at radius 3 is 1.88 bits per heavy atom. The molecule has 6 aromatic carbocycles. The smallest absolute Gasteiger partial charge is 0.252 e. The fourth-order valence-corrected chi connectivity index (χ4v) is 6.93. The fraction of sp³-hybridized carbons (Fsp3) is 0. The van der Waals surface area contributed by atoms with Gasteiger partial charge in [-0.1, -0.05) is 84.9 Å². The number of nitrogens with zero attached hydrogens (tertiary/aromatic N) is 4. The number of anilines is 6. The number of fused-ring (bicyclic) bond motifs is 4. The molecule has 5 heteroatoms. The van der Waals surface area contributed by atoms with Crippen LogP contribution in [-0.2, 0) is 0 Å². The van der Waals surface area contributed by atoms with E-state index in [-0.39, 0.29) is 6.71 Å². The first-order valence-electron chi connectivity index (χ1n) is 14.4. The van der Waals surface area contributed by atoms with Gasteiger partial charge in [0.05, 0.1) is 16.7 Å². The van der Waals surface area contributed by atoms with Crippen LogP contribution in [0.5, 0.6) is 0 Å². The van der Waals surface area contributed by atoms with Gasteiger partial charge >= 0.3 is 0 Å². The molecule has 7 aromatic rings. The molecule has 0 N–H and O–H groups in total. The maximum Gasteiger partial charge on any atom is 0.252 e. The number of benzene rings is 6. The molecule has 0 radical (unpaired) electrons. The molecule has 0 aliphatic carbocycles. The van der Waals surface area contributed by atoms with Crippen LogP contribution in [0.25, 0.3) is 16.7 Å². The summed E-state index contributed by atoms with van der Waals surface area (Å²) >= 11 is 0. The number of imidazole rings is 1. The molecular formula is C37H25BN4. The van der Waals surface area contributed by atoms with E-state index in [2.05, 4.69) is 160 Å². The van der Waals surface area contributed by atoms with E-state index in [4.69, 9.17) is 4.98 Å². The number of hydrogen-bond donors (Lipinski definition) is 0. The molecule has 3 heterocycles. The van der Waals surface area contributed by atoms with E-state index in [0.29, 0.717) is 0 Å². The number of para-hydroxylation sites is 5. The molecule has 42 heavy (non-hydrogen) atoms. The predicted octanol–water partition coefficient (Wildman–Crippen LogP) is 7.11. The lowest BCUT2D eigenvalue weighted by Gasteiger charge is -2.41. The SMILES string of the molecule is c1ccc(N(c2ccccc2)c2cc3c4c(c2)-n2cnc5cccc(c52)B4c2ccccc2N3c2ccccc2)cc1. The summed E-state index contributed by atoms with van der Waals surface area (Å²) in [7, 11) is 0. The second kappa shape index (κ2) is 8.98. The first-order valence-corrected chi connectivity index (χ1v) is 14.4. The van der Waals surface area contributed by atoms with E-state index >= 15 is 0 Å². The maximum absolute atomic E-state index is 4.87. The summed E-state index contributed by atoms with van der Waals surface area (Å²) in [6, 6.07) is 52.1. The number of aromatic nitrogens is 2. The van der Waals surface area contributed by atoms with Crippen molar-refractivity contribution in [3.05, 3.63) is 152 Å². The van der Waals surface area contributed by atoms with E-state index in [1.165, 1.54) is 39.0 Å². The average molecular weight is 536 g/mol. The van der Waals surface area contributed by atoms with Gasteiger partial charge in [-0.25, -0.2) is 4.98 Å². The largest absolute Gasteiger partial charge is 0.311 e. The summed E-state index contributed by atoms with van der Waals surface area (Å²) in [5.74, 6) is 0. The Morgan fingerprint density at radius 1 is 0.524 bits per heavy atom. The van der Waals surface area contributed by atoms with Crippen LogP contribution in [0, 0.1) is 0 Å². The second-order valence-corrected chi connectivity index (χ2v) is 10.9. The minimum absolute atomic E-state index is 0.106. The van der Waals surface area contributed by atoms with Crippen molar-refractivity contribution in [2.24, 2.45) is 0 Å². The van der Waals surface area contributed by atoms with Crippen LogP contribution in [0.1, 0.15) is 0 Å². The first kappa shape index (κ1) is 23.2. The Balaban J connectivity index is 1.41. The molecule has 2 aliphatic rings. The Morgan fingerprint density at radius 2 is 1.14 bits per heavy atom. The number of hydrogen-bond acceptors (Lipinski definition) is 3. The molecule has 2 aliphatic heterocycles. The van der Waals surface area contributed by atoms with Gasteiger partial charge in [-0.2, -0.15) is 0 Å². The van der Waals surface area contributed by atoms with Gasteiger partial charge in [-0.15, -0.1) is 0 Å². The van der Waals surface area contributed by atoms with Crippen molar-refractivity contribution < 1.29 is 0 Å². The van der Waals surface area contributed by atoms with Gasteiger partial charge in [0.15, 0.2) is 0 Å². The Hall–Kier alpha value is -5.55. The first-order chi connectivity index (χ1) is 20.9. The van der Waals surface area contributed by atoms with Crippen molar-refractivity contribution in [3.8, 4) is 5.69 Å². The maximum atomic E-state index is 4.87. The predicted molar refractivity (Wildman–Crippen MR) is 175 cm³/mol. The molecule has 4 nitrogen and oxygen atoms in total. The molecular weight excluding hydrogens is 511 g/mol. The normalized spacial score (nSPS) is 12.7. The summed E-state index contributed by atoms with van der Waals surface area (Å²) in [4.78, 5) is 9.65. The number of rotatable bonds is 4. The molecule has 9 rings (SSSR count).